The van der Waals surface area contributed by atoms with Crippen molar-refractivity contribution >= 4 is 29.2 Å². The molecule has 0 aliphatic heterocycles. The number of hydrogen-bond donors (Lipinski definition) is 2. The predicted molar refractivity (Wildman–Crippen MR) is 107 cm³/mol. The second kappa shape index (κ2) is 10.1. The highest BCUT2D eigenvalue weighted by atomic mass is 35.5. The van der Waals surface area contributed by atoms with Crippen LogP contribution in [0.5, 0.6) is 5.75 Å². The molecule has 30 heavy (non-hydrogen) atoms. The molecule has 0 aliphatic carbocycles. The predicted octanol–water partition coefficient (Wildman–Crippen LogP) is 4.82. The zero-order valence-corrected chi connectivity index (χ0v) is 16.8. The van der Waals surface area contributed by atoms with Gasteiger partial charge >= 0.3 is 6.36 Å². The third-order valence-corrected chi connectivity index (χ3v) is 4.16. The van der Waals surface area contributed by atoms with Crippen molar-refractivity contribution in [1.82, 2.24) is 5.32 Å². The van der Waals surface area contributed by atoms with Gasteiger partial charge in [0.2, 0.25) is 5.90 Å². The highest BCUT2D eigenvalue weighted by Crippen LogP contribution is 2.23. The first-order valence-electron chi connectivity index (χ1n) is 8.76. The van der Waals surface area contributed by atoms with Crippen LogP contribution >= 0.6 is 11.6 Å². The van der Waals surface area contributed by atoms with E-state index in [-0.39, 0.29) is 23.2 Å². The summed E-state index contributed by atoms with van der Waals surface area (Å²) >= 11 is 5.82. The maximum atomic E-state index is 12.4. The van der Waals surface area contributed by atoms with Crippen molar-refractivity contribution < 1.29 is 27.4 Å². The minimum Gasteiger partial charge on any atom is -0.483 e. The average Bonchev–Trinajstić information content (AvgIpc) is 2.70. The Morgan fingerprint density at radius 1 is 1.13 bits per heavy atom. The second-order valence-electron chi connectivity index (χ2n) is 6.02. The van der Waals surface area contributed by atoms with Crippen molar-refractivity contribution in [1.29, 1.82) is 5.41 Å². The Morgan fingerprint density at radius 2 is 1.70 bits per heavy atom. The minimum absolute atomic E-state index is 0.0837. The summed E-state index contributed by atoms with van der Waals surface area (Å²) in [5.41, 5.74) is 0.640. The molecule has 0 bridgehead atoms. The minimum atomic E-state index is -4.80. The smallest absolute Gasteiger partial charge is 0.483 e. The van der Waals surface area contributed by atoms with Gasteiger partial charge in [0.15, 0.2) is 5.84 Å². The normalized spacial score (nSPS) is 12.8. The first kappa shape index (κ1) is 23.2. The third-order valence-electron chi connectivity index (χ3n) is 3.91. The van der Waals surface area contributed by atoms with Crippen molar-refractivity contribution in [2.24, 2.45) is 4.99 Å². The summed E-state index contributed by atoms with van der Waals surface area (Å²) in [7, 11) is 1.35. The Morgan fingerprint density at radius 3 is 2.20 bits per heavy atom. The fraction of sp³-hybridized carbons (Fsp3) is 0.250. The summed E-state index contributed by atoms with van der Waals surface area (Å²) in [6, 6.07) is 10.4. The van der Waals surface area contributed by atoms with Crippen LogP contribution in [0, 0.1) is 5.41 Å². The van der Waals surface area contributed by atoms with Gasteiger partial charge in [-0.2, -0.15) is 4.99 Å². The number of carbonyl (C=O) groups is 1. The largest absolute Gasteiger partial charge is 0.573 e. The highest BCUT2D eigenvalue weighted by molar-refractivity contribution is 6.30. The fourth-order valence-electron chi connectivity index (χ4n) is 2.44. The van der Waals surface area contributed by atoms with Crippen molar-refractivity contribution in [2.75, 3.05) is 7.11 Å². The van der Waals surface area contributed by atoms with Crippen LogP contribution in [-0.2, 0) is 4.74 Å². The molecule has 2 aromatic rings. The topological polar surface area (TPSA) is 83.8 Å². The van der Waals surface area contributed by atoms with Gasteiger partial charge in [0.05, 0.1) is 7.11 Å². The van der Waals surface area contributed by atoms with Crippen LogP contribution in [-0.4, -0.2) is 37.2 Å². The summed E-state index contributed by atoms with van der Waals surface area (Å²) in [5, 5.41) is 11.4. The van der Waals surface area contributed by atoms with E-state index in [4.69, 9.17) is 21.7 Å². The maximum Gasteiger partial charge on any atom is 0.573 e. The average molecular weight is 442 g/mol. The monoisotopic (exact) mass is 441 g/mol. The number of nitrogens with zero attached hydrogens (tertiary/aromatic N) is 1. The number of carbonyl (C=O) groups excluding carboxylic acids is 1. The molecule has 0 fully saturated rings. The molecule has 2 aromatic carbocycles. The number of rotatable bonds is 6. The highest BCUT2D eigenvalue weighted by Gasteiger charge is 2.31. The van der Waals surface area contributed by atoms with Gasteiger partial charge < -0.3 is 14.8 Å². The van der Waals surface area contributed by atoms with Gasteiger partial charge in [-0.1, -0.05) is 18.5 Å². The van der Waals surface area contributed by atoms with E-state index in [1.807, 2.05) is 0 Å². The molecule has 2 rings (SSSR count). The molecule has 0 unspecified atom stereocenters. The van der Waals surface area contributed by atoms with E-state index in [1.165, 1.54) is 19.2 Å². The summed E-state index contributed by atoms with van der Waals surface area (Å²) in [4.78, 5) is 16.5. The summed E-state index contributed by atoms with van der Waals surface area (Å²) in [6.07, 6.45) is -4.37. The number of aliphatic imine (C=N–C) groups is 1. The van der Waals surface area contributed by atoms with E-state index in [2.05, 4.69) is 15.0 Å². The lowest BCUT2D eigenvalue weighted by molar-refractivity contribution is -0.274. The Kier molecular flexibility index (Phi) is 7.82. The number of benzene rings is 2. The van der Waals surface area contributed by atoms with Gasteiger partial charge in [-0.05, 0) is 55.0 Å². The fourth-order valence-corrected chi connectivity index (χ4v) is 2.56. The van der Waals surface area contributed by atoms with Gasteiger partial charge in [0.1, 0.15) is 11.8 Å². The van der Waals surface area contributed by atoms with Gasteiger partial charge in [0, 0.05) is 16.1 Å². The summed E-state index contributed by atoms with van der Waals surface area (Å²) < 4.78 is 45.8. The zero-order chi connectivity index (χ0) is 22.3. The van der Waals surface area contributed by atoms with Crippen LogP contribution in [0.2, 0.25) is 5.02 Å². The van der Waals surface area contributed by atoms with E-state index < -0.39 is 18.2 Å². The van der Waals surface area contributed by atoms with Gasteiger partial charge in [-0.15, -0.1) is 13.2 Å². The zero-order valence-electron chi connectivity index (χ0n) is 16.1. The Hall–Kier alpha value is -3.07. The van der Waals surface area contributed by atoms with Crippen LogP contribution in [0.15, 0.2) is 53.5 Å². The Balaban J connectivity index is 2.14. The summed E-state index contributed by atoms with van der Waals surface area (Å²) in [5.74, 6) is -0.940. The van der Waals surface area contributed by atoms with E-state index in [0.717, 1.165) is 12.1 Å². The Bertz CT molecular complexity index is 914. The third kappa shape index (κ3) is 6.77. The van der Waals surface area contributed by atoms with E-state index in [9.17, 15) is 18.0 Å². The molecular formula is C20H19ClF3N3O3. The van der Waals surface area contributed by atoms with Gasteiger partial charge in [-0.3, -0.25) is 10.2 Å². The molecule has 1 amide bonds. The molecule has 0 aliphatic rings. The SMILES string of the molecule is CC[C@H](NC(=O)c1ccc(Cl)cc1)C(=NC(=N)c1ccc(OC(F)(F)F)cc1)OC. The molecule has 0 heterocycles. The maximum absolute atomic E-state index is 12.4. The van der Waals surface area contributed by atoms with Crippen molar-refractivity contribution in [3.8, 4) is 5.75 Å². The lowest BCUT2D eigenvalue weighted by atomic mass is 10.1. The van der Waals surface area contributed by atoms with Crippen LogP contribution < -0.4 is 10.1 Å². The lowest BCUT2D eigenvalue weighted by Gasteiger charge is -2.18. The van der Waals surface area contributed by atoms with Crippen LogP contribution in [0.1, 0.15) is 29.3 Å². The molecular weight excluding hydrogens is 423 g/mol. The number of nitrogens with one attached hydrogen (secondary N) is 2. The van der Waals surface area contributed by atoms with Crippen molar-refractivity contribution in [3.63, 3.8) is 0 Å². The number of ether oxygens (including phenoxy) is 2. The lowest BCUT2D eigenvalue weighted by Crippen LogP contribution is -2.41. The standard InChI is InChI=1S/C20H19ClF3N3O3/c1-3-16(26-18(28)13-4-8-14(21)9-5-13)19(29-2)27-17(25)12-6-10-15(11-7-12)30-20(22,23)24/h4-11,16,25H,3H2,1-2H3,(H,26,28)/t16-/m0/s1. The van der Waals surface area contributed by atoms with Crippen LogP contribution in [0.3, 0.4) is 0 Å². The van der Waals surface area contributed by atoms with Crippen molar-refractivity contribution in [2.45, 2.75) is 25.7 Å². The number of hydrogen-bond acceptors (Lipinski definition) is 4. The quantitative estimate of drug-likeness (QED) is 0.498. The van der Waals surface area contributed by atoms with Crippen LogP contribution in [0.4, 0.5) is 13.2 Å². The van der Waals surface area contributed by atoms with E-state index >= 15 is 0 Å². The molecule has 0 radical (unpaired) electrons. The molecule has 1 atom stereocenters. The van der Waals surface area contributed by atoms with Crippen LogP contribution in [0.25, 0.3) is 0 Å². The number of amides is 1. The number of halogens is 4. The summed E-state index contributed by atoms with van der Waals surface area (Å²) in [6.45, 7) is 1.80. The first-order valence-corrected chi connectivity index (χ1v) is 9.14. The molecule has 0 saturated heterocycles. The Labute approximate surface area is 176 Å². The first-order chi connectivity index (χ1) is 14.1. The molecule has 160 valence electrons. The molecule has 0 spiro atoms. The van der Waals surface area contributed by atoms with Gasteiger partial charge in [0.25, 0.3) is 5.91 Å². The van der Waals surface area contributed by atoms with Gasteiger partial charge in [-0.25, -0.2) is 0 Å². The van der Waals surface area contributed by atoms with E-state index in [0.29, 0.717) is 17.0 Å². The number of alkyl halides is 3. The molecule has 0 aromatic heterocycles. The molecule has 0 saturated carbocycles. The number of methoxy groups -OCH3 is 1. The molecule has 10 heteroatoms. The van der Waals surface area contributed by atoms with E-state index in [1.54, 1.807) is 31.2 Å². The molecule has 2 N–H and O–H groups in total. The number of amidine groups is 1. The molecule has 6 nitrogen and oxygen atoms in total. The van der Waals surface area contributed by atoms with Crippen molar-refractivity contribution in [3.05, 3.63) is 64.7 Å². The second-order valence-corrected chi connectivity index (χ2v) is 6.45.